The van der Waals surface area contributed by atoms with E-state index in [1.165, 1.54) is 14.0 Å². The van der Waals surface area contributed by atoms with Crippen LogP contribution in [0.15, 0.2) is 30.3 Å². The number of hydrogen-bond acceptors (Lipinski definition) is 4. The van der Waals surface area contributed by atoms with Crippen LogP contribution < -0.4 is 5.73 Å². The van der Waals surface area contributed by atoms with Gasteiger partial charge >= 0.3 is 0 Å². The van der Waals surface area contributed by atoms with Crippen LogP contribution in [0.4, 0.5) is 0 Å². The number of carbonyl (C=O) groups is 3. The summed E-state index contributed by atoms with van der Waals surface area (Å²) < 4.78 is 4.88. The highest BCUT2D eigenvalue weighted by molar-refractivity contribution is 6.00. The molecule has 0 aliphatic carbocycles. The van der Waals surface area contributed by atoms with Crippen LogP contribution >= 0.6 is 0 Å². The second kappa shape index (κ2) is 7.40. The number of benzene rings is 1. The minimum absolute atomic E-state index is 0.0447. The van der Waals surface area contributed by atoms with E-state index in [9.17, 15) is 14.4 Å². The third-order valence-electron chi connectivity index (χ3n) is 2.84. The van der Waals surface area contributed by atoms with Gasteiger partial charge in [0, 0.05) is 19.6 Å². The molecule has 0 saturated carbocycles. The Bertz CT molecular complexity index is 487. The van der Waals surface area contributed by atoms with Crippen molar-refractivity contribution in [1.82, 2.24) is 4.90 Å². The molecule has 0 heterocycles. The van der Waals surface area contributed by atoms with Crippen LogP contribution in [-0.4, -0.2) is 48.8 Å². The van der Waals surface area contributed by atoms with E-state index in [0.29, 0.717) is 5.56 Å². The molecule has 0 saturated heterocycles. The van der Waals surface area contributed by atoms with E-state index in [1.54, 1.807) is 30.3 Å². The number of nitrogens with two attached hydrogens (primary N) is 1. The van der Waals surface area contributed by atoms with Crippen LogP contribution in [-0.2, 0) is 14.3 Å². The number of nitrogens with zero attached hydrogens (tertiary/aromatic N) is 1. The van der Waals surface area contributed by atoms with E-state index >= 15 is 0 Å². The summed E-state index contributed by atoms with van der Waals surface area (Å²) in [5, 5.41) is 0. The molecular formula is C14H18N2O4. The number of amides is 2. The van der Waals surface area contributed by atoms with Crippen molar-refractivity contribution in [2.75, 3.05) is 20.3 Å². The third-order valence-corrected chi connectivity index (χ3v) is 2.84. The molecule has 108 valence electrons. The monoisotopic (exact) mass is 278 g/mol. The summed E-state index contributed by atoms with van der Waals surface area (Å²) in [5.74, 6) is -1.37. The average Bonchev–Trinajstić information content (AvgIpc) is 2.42. The Morgan fingerprint density at radius 2 is 1.85 bits per heavy atom. The quantitative estimate of drug-likeness (QED) is 0.722. The van der Waals surface area contributed by atoms with Crippen LogP contribution in [0.1, 0.15) is 17.3 Å². The SMILES string of the molecule is COCC(C(N)=O)N(CC(=O)c1ccccc1)C(C)=O. The Morgan fingerprint density at radius 1 is 1.25 bits per heavy atom. The lowest BCUT2D eigenvalue weighted by Gasteiger charge is -2.27. The Morgan fingerprint density at radius 3 is 2.30 bits per heavy atom. The van der Waals surface area contributed by atoms with Crippen molar-refractivity contribution in [2.24, 2.45) is 5.73 Å². The van der Waals surface area contributed by atoms with Crippen LogP contribution in [0, 0.1) is 0 Å². The summed E-state index contributed by atoms with van der Waals surface area (Å²) in [6.07, 6.45) is 0. The normalized spacial score (nSPS) is 11.7. The van der Waals surface area contributed by atoms with Gasteiger partial charge in [-0.25, -0.2) is 0 Å². The highest BCUT2D eigenvalue weighted by atomic mass is 16.5. The summed E-state index contributed by atoms with van der Waals surface area (Å²) in [4.78, 5) is 36.3. The molecule has 0 bridgehead atoms. The molecule has 0 spiro atoms. The minimum Gasteiger partial charge on any atom is -0.382 e. The zero-order valence-corrected chi connectivity index (χ0v) is 11.5. The Balaban J connectivity index is 2.89. The number of hydrogen-bond donors (Lipinski definition) is 1. The van der Waals surface area contributed by atoms with Crippen LogP contribution in [0.25, 0.3) is 0 Å². The molecule has 0 aliphatic rings. The van der Waals surface area contributed by atoms with Gasteiger partial charge in [-0.1, -0.05) is 30.3 Å². The smallest absolute Gasteiger partial charge is 0.242 e. The maximum Gasteiger partial charge on any atom is 0.242 e. The zero-order chi connectivity index (χ0) is 15.1. The van der Waals surface area contributed by atoms with Gasteiger partial charge < -0.3 is 15.4 Å². The minimum atomic E-state index is -0.954. The Kier molecular flexibility index (Phi) is 5.86. The van der Waals surface area contributed by atoms with Gasteiger partial charge in [0.25, 0.3) is 0 Å². The Labute approximate surface area is 117 Å². The first kappa shape index (κ1) is 15.8. The van der Waals surface area contributed by atoms with Gasteiger partial charge in [0.1, 0.15) is 6.04 Å². The number of Topliss-reactive ketones (excluding diaryl/α,β-unsaturated/α-hetero) is 1. The van der Waals surface area contributed by atoms with E-state index in [0.717, 1.165) is 4.90 Å². The highest BCUT2D eigenvalue weighted by Crippen LogP contribution is 2.06. The second-order valence-electron chi connectivity index (χ2n) is 4.31. The molecule has 1 rings (SSSR count). The zero-order valence-electron chi connectivity index (χ0n) is 11.5. The number of carbonyl (C=O) groups excluding carboxylic acids is 3. The van der Waals surface area contributed by atoms with Gasteiger partial charge in [0.15, 0.2) is 5.78 Å². The van der Waals surface area contributed by atoms with E-state index in [2.05, 4.69) is 0 Å². The topological polar surface area (TPSA) is 89.7 Å². The van der Waals surface area contributed by atoms with Gasteiger partial charge in [-0.05, 0) is 0 Å². The molecule has 1 atom stereocenters. The second-order valence-corrected chi connectivity index (χ2v) is 4.31. The van der Waals surface area contributed by atoms with Gasteiger partial charge in [-0.15, -0.1) is 0 Å². The van der Waals surface area contributed by atoms with Gasteiger partial charge in [-0.2, -0.15) is 0 Å². The van der Waals surface area contributed by atoms with Crippen LogP contribution in [0.3, 0.4) is 0 Å². The largest absolute Gasteiger partial charge is 0.382 e. The number of ether oxygens (including phenoxy) is 1. The summed E-state index contributed by atoms with van der Waals surface area (Å²) in [7, 11) is 1.40. The highest BCUT2D eigenvalue weighted by Gasteiger charge is 2.28. The molecule has 1 aromatic rings. The van der Waals surface area contributed by atoms with Crippen LogP contribution in [0.2, 0.25) is 0 Å². The maximum absolute atomic E-state index is 12.1. The predicted molar refractivity (Wildman–Crippen MR) is 73.0 cm³/mol. The number of primary amides is 1. The molecule has 1 unspecified atom stereocenters. The van der Waals surface area contributed by atoms with Crippen molar-refractivity contribution in [2.45, 2.75) is 13.0 Å². The van der Waals surface area contributed by atoms with Crippen molar-refractivity contribution in [1.29, 1.82) is 0 Å². The first-order valence-corrected chi connectivity index (χ1v) is 6.11. The number of rotatable bonds is 7. The summed E-state index contributed by atoms with van der Waals surface area (Å²) in [5.41, 5.74) is 5.72. The lowest BCUT2D eigenvalue weighted by Crippen LogP contribution is -2.51. The van der Waals surface area contributed by atoms with Crippen molar-refractivity contribution in [3.8, 4) is 0 Å². The van der Waals surface area contributed by atoms with E-state index in [1.807, 2.05) is 0 Å². The third kappa shape index (κ3) is 4.17. The summed E-state index contributed by atoms with van der Waals surface area (Å²) >= 11 is 0. The summed E-state index contributed by atoms with van der Waals surface area (Å²) in [6, 6.07) is 7.59. The van der Waals surface area contributed by atoms with Crippen molar-refractivity contribution in [3.63, 3.8) is 0 Å². The fourth-order valence-corrected chi connectivity index (χ4v) is 1.79. The molecule has 0 aliphatic heterocycles. The molecule has 1 aromatic carbocycles. The number of methoxy groups -OCH3 is 1. The fraction of sp³-hybridized carbons (Fsp3) is 0.357. The standard InChI is InChI=1S/C14H18N2O4/c1-10(17)16(12(9-20-2)14(15)19)8-13(18)11-6-4-3-5-7-11/h3-7,12H,8-9H2,1-2H3,(H2,15,19). The maximum atomic E-state index is 12.1. The number of ketones is 1. The predicted octanol–water partition coefficient (Wildman–Crippen LogP) is 0.218. The molecular weight excluding hydrogens is 260 g/mol. The van der Waals surface area contributed by atoms with Crippen LogP contribution in [0.5, 0.6) is 0 Å². The van der Waals surface area contributed by atoms with Crippen molar-refractivity contribution < 1.29 is 19.1 Å². The molecule has 20 heavy (non-hydrogen) atoms. The Hall–Kier alpha value is -2.21. The molecule has 2 amide bonds. The molecule has 0 radical (unpaired) electrons. The molecule has 6 nitrogen and oxygen atoms in total. The van der Waals surface area contributed by atoms with E-state index < -0.39 is 17.9 Å². The fourth-order valence-electron chi connectivity index (χ4n) is 1.79. The van der Waals surface area contributed by atoms with Crippen molar-refractivity contribution >= 4 is 17.6 Å². The average molecular weight is 278 g/mol. The lowest BCUT2D eigenvalue weighted by molar-refractivity contribution is -0.138. The van der Waals surface area contributed by atoms with E-state index in [-0.39, 0.29) is 18.9 Å². The van der Waals surface area contributed by atoms with Crippen molar-refractivity contribution in [3.05, 3.63) is 35.9 Å². The molecule has 2 N–H and O–H groups in total. The van der Waals surface area contributed by atoms with Gasteiger partial charge in [0.2, 0.25) is 11.8 Å². The first-order valence-electron chi connectivity index (χ1n) is 6.11. The van der Waals surface area contributed by atoms with Gasteiger partial charge in [0.05, 0.1) is 13.2 Å². The van der Waals surface area contributed by atoms with Gasteiger partial charge in [-0.3, -0.25) is 14.4 Å². The molecule has 0 aromatic heterocycles. The lowest BCUT2D eigenvalue weighted by atomic mass is 10.1. The molecule has 0 fully saturated rings. The molecule has 6 heteroatoms. The first-order chi connectivity index (χ1) is 9.47. The summed E-state index contributed by atoms with van der Waals surface area (Å²) in [6.45, 7) is 1.02. The van der Waals surface area contributed by atoms with E-state index in [4.69, 9.17) is 10.5 Å².